The van der Waals surface area contributed by atoms with Crippen molar-refractivity contribution < 1.29 is 9.53 Å². The number of carbonyl (C=O) groups is 1. The number of ether oxygens (including phenoxy) is 1. The number of amides is 1. The maximum absolute atomic E-state index is 11.9. The van der Waals surface area contributed by atoms with Crippen molar-refractivity contribution in [1.29, 1.82) is 0 Å². The normalized spacial score (nSPS) is 10.4. The molecule has 0 atom stereocenters. The van der Waals surface area contributed by atoms with Crippen LogP contribution in [0.25, 0.3) is 0 Å². The van der Waals surface area contributed by atoms with Gasteiger partial charge in [-0.1, -0.05) is 18.2 Å². The van der Waals surface area contributed by atoms with Crippen molar-refractivity contribution in [3.8, 4) is 5.75 Å². The Labute approximate surface area is 109 Å². The molecule has 0 aliphatic rings. The molecule has 0 bridgehead atoms. The van der Waals surface area contributed by atoms with Crippen molar-refractivity contribution in [3.05, 3.63) is 30.3 Å². The lowest BCUT2D eigenvalue weighted by Crippen LogP contribution is -2.35. The Morgan fingerprint density at radius 3 is 2.39 bits per heavy atom. The molecule has 4 nitrogen and oxygen atoms in total. The predicted octanol–water partition coefficient (Wildman–Crippen LogP) is 2.46. The highest BCUT2D eigenvalue weighted by Crippen LogP contribution is 2.10. The summed E-state index contributed by atoms with van der Waals surface area (Å²) < 4.78 is 5.30. The van der Waals surface area contributed by atoms with E-state index in [1.807, 2.05) is 39.2 Å². The van der Waals surface area contributed by atoms with Crippen LogP contribution in [0.4, 0.5) is 4.79 Å². The highest BCUT2D eigenvalue weighted by molar-refractivity contribution is 5.70. The number of carbonyl (C=O) groups excluding carboxylic acids is 1. The largest absolute Gasteiger partial charge is 0.415 e. The molecule has 0 heterocycles. The zero-order valence-electron chi connectivity index (χ0n) is 11.4. The molecule has 0 fully saturated rings. The van der Waals surface area contributed by atoms with Crippen LogP contribution in [0.1, 0.15) is 13.3 Å². The van der Waals surface area contributed by atoms with Gasteiger partial charge in [-0.25, -0.2) is 4.79 Å². The molecule has 1 rings (SSSR count). The van der Waals surface area contributed by atoms with Crippen molar-refractivity contribution in [2.24, 2.45) is 0 Å². The monoisotopic (exact) mass is 250 g/mol. The molecule has 1 amide bonds. The quantitative estimate of drug-likeness (QED) is 0.777. The van der Waals surface area contributed by atoms with E-state index >= 15 is 0 Å². The number of hydrogen-bond acceptors (Lipinski definition) is 3. The highest BCUT2D eigenvalue weighted by atomic mass is 16.6. The number of hydrogen-bond donors (Lipinski definition) is 0. The van der Waals surface area contributed by atoms with Gasteiger partial charge in [0.05, 0.1) is 0 Å². The van der Waals surface area contributed by atoms with Crippen molar-refractivity contribution in [1.82, 2.24) is 9.80 Å². The molecule has 0 aromatic heterocycles. The average Bonchev–Trinajstić information content (AvgIpc) is 2.35. The van der Waals surface area contributed by atoms with E-state index in [9.17, 15) is 4.79 Å². The lowest BCUT2D eigenvalue weighted by atomic mass is 10.3. The zero-order chi connectivity index (χ0) is 13.4. The summed E-state index contributed by atoms with van der Waals surface area (Å²) >= 11 is 0. The molecular weight excluding hydrogens is 228 g/mol. The topological polar surface area (TPSA) is 32.8 Å². The molecule has 0 saturated heterocycles. The molecule has 0 spiro atoms. The third kappa shape index (κ3) is 5.19. The van der Waals surface area contributed by atoms with Crippen LogP contribution in [-0.4, -0.2) is 49.6 Å². The Balaban J connectivity index is 2.42. The summed E-state index contributed by atoms with van der Waals surface area (Å²) in [5.41, 5.74) is 0. The number of rotatable bonds is 6. The van der Waals surface area contributed by atoms with Crippen molar-refractivity contribution in [2.45, 2.75) is 13.3 Å². The van der Waals surface area contributed by atoms with E-state index in [0.717, 1.165) is 19.5 Å². The summed E-state index contributed by atoms with van der Waals surface area (Å²) in [5.74, 6) is 0.591. The van der Waals surface area contributed by atoms with Crippen LogP contribution in [0.2, 0.25) is 0 Å². The van der Waals surface area contributed by atoms with E-state index in [0.29, 0.717) is 12.3 Å². The lowest BCUT2D eigenvalue weighted by Gasteiger charge is -2.21. The molecule has 100 valence electrons. The Bertz CT molecular complexity index is 352. The second-order valence-electron chi connectivity index (χ2n) is 4.42. The SMILES string of the molecule is CCN(CCCN(C)C)C(=O)Oc1ccccc1. The minimum absolute atomic E-state index is 0.276. The predicted molar refractivity (Wildman–Crippen MR) is 72.9 cm³/mol. The zero-order valence-corrected chi connectivity index (χ0v) is 11.4. The van der Waals surface area contributed by atoms with Gasteiger partial charge in [0.2, 0.25) is 0 Å². The van der Waals surface area contributed by atoms with Crippen molar-refractivity contribution >= 4 is 6.09 Å². The van der Waals surface area contributed by atoms with Crippen LogP contribution >= 0.6 is 0 Å². The van der Waals surface area contributed by atoms with E-state index in [2.05, 4.69) is 4.90 Å². The van der Waals surface area contributed by atoms with E-state index in [1.165, 1.54) is 0 Å². The summed E-state index contributed by atoms with van der Waals surface area (Å²) in [6, 6.07) is 9.17. The van der Waals surface area contributed by atoms with Gasteiger partial charge in [0, 0.05) is 13.1 Å². The third-order valence-electron chi connectivity index (χ3n) is 2.62. The molecule has 18 heavy (non-hydrogen) atoms. The first-order chi connectivity index (χ1) is 8.63. The third-order valence-corrected chi connectivity index (χ3v) is 2.62. The standard InChI is InChI=1S/C14H22N2O2/c1-4-16(12-8-11-15(2)3)14(17)18-13-9-6-5-7-10-13/h5-7,9-10H,4,8,11-12H2,1-3H3. The summed E-state index contributed by atoms with van der Waals surface area (Å²) in [6.07, 6.45) is 0.674. The molecule has 1 aromatic carbocycles. The van der Waals surface area contributed by atoms with E-state index in [1.54, 1.807) is 17.0 Å². The molecular formula is C14H22N2O2. The minimum Gasteiger partial charge on any atom is -0.410 e. The van der Waals surface area contributed by atoms with Gasteiger partial charge < -0.3 is 14.5 Å². The molecule has 0 aliphatic heterocycles. The summed E-state index contributed by atoms with van der Waals surface area (Å²) in [5, 5.41) is 0. The van der Waals surface area contributed by atoms with Crippen molar-refractivity contribution in [2.75, 3.05) is 33.7 Å². The van der Waals surface area contributed by atoms with Gasteiger partial charge >= 0.3 is 6.09 Å². The molecule has 4 heteroatoms. The molecule has 0 saturated carbocycles. The van der Waals surface area contributed by atoms with Crippen LogP contribution in [0.3, 0.4) is 0 Å². The first-order valence-corrected chi connectivity index (χ1v) is 6.30. The maximum Gasteiger partial charge on any atom is 0.415 e. The van der Waals surface area contributed by atoms with Gasteiger partial charge in [-0.15, -0.1) is 0 Å². The van der Waals surface area contributed by atoms with E-state index < -0.39 is 0 Å². The summed E-state index contributed by atoms with van der Waals surface area (Å²) in [7, 11) is 4.05. The lowest BCUT2D eigenvalue weighted by molar-refractivity contribution is 0.152. The Morgan fingerprint density at radius 2 is 1.83 bits per heavy atom. The first-order valence-electron chi connectivity index (χ1n) is 6.30. The maximum atomic E-state index is 11.9. The van der Waals surface area contributed by atoms with Gasteiger partial charge in [0.15, 0.2) is 0 Å². The van der Waals surface area contributed by atoms with Gasteiger partial charge in [-0.05, 0) is 46.1 Å². The van der Waals surface area contributed by atoms with Crippen LogP contribution in [0.5, 0.6) is 5.75 Å². The summed E-state index contributed by atoms with van der Waals surface area (Å²) in [4.78, 5) is 15.7. The van der Waals surface area contributed by atoms with Crippen LogP contribution in [-0.2, 0) is 0 Å². The molecule has 0 aliphatic carbocycles. The fraction of sp³-hybridized carbons (Fsp3) is 0.500. The highest BCUT2D eigenvalue weighted by Gasteiger charge is 2.13. The second kappa shape index (κ2) is 7.71. The van der Waals surface area contributed by atoms with Gasteiger partial charge in [-0.3, -0.25) is 0 Å². The van der Waals surface area contributed by atoms with Crippen LogP contribution in [0, 0.1) is 0 Å². The van der Waals surface area contributed by atoms with Gasteiger partial charge in [0.25, 0.3) is 0 Å². The Morgan fingerprint density at radius 1 is 1.17 bits per heavy atom. The van der Waals surface area contributed by atoms with Crippen molar-refractivity contribution in [3.63, 3.8) is 0 Å². The fourth-order valence-corrected chi connectivity index (χ4v) is 1.61. The number of benzene rings is 1. The number of para-hydroxylation sites is 1. The fourth-order valence-electron chi connectivity index (χ4n) is 1.61. The Hall–Kier alpha value is -1.55. The van der Waals surface area contributed by atoms with E-state index in [4.69, 9.17) is 4.74 Å². The van der Waals surface area contributed by atoms with Crippen LogP contribution < -0.4 is 4.74 Å². The first kappa shape index (κ1) is 14.5. The van der Waals surface area contributed by atoms with Gasteiger partial charge in [-0.2, -0.15) is 0 Å². The molecule has 0 radical (unpaired) electrons. The van der Waals surface area contributed by atoms with E-state index in [-0.39, 0.29) is 6.09 Å². The summed E-state index contributed by atoms with van der Waals surface area (Å²) in [6.45, 7) is 4.32. The smallest absolute Gasteiger partial charge is 0.410 e. The molecule has 0 unspecified atom stereocenters. The Kier molecular flexibility index (Phi) is 6.22. The molecule has 0 N–H and O–H groups in total. The number of nitrogens with zero attached hydrogens (tertiary/aromatic N) is 2. The molecule has 1 aromatic rings. The second-order valence-corrected chi connectivity index (χ2v) is 4.42. The van der Waals surface area contributed by atoms with Crippen LogP contribution in [0.15, 0.2) is 30.3 Å². The van der Waals surface area contributed by atoms with Gasteiger partial charge in [0.1, 0.15) is 5.75 Å². The average molecular weight is 250 g/mol. The minimum atomic E-state index is -0.276.